The van der Waals surface area contributed by atoms with E-state index in [2.05, 4.69) is 5.32 Å². The second-order valence-corrected chi connectivity index (χ2v) is 9.25. The number of nitro groups is 1. The van der Waals surface area contributed by atoms with Crippen molar-refractivity contribution in [3.63, 3.8) is 0 Å². The Kier molecular flexibility index (Phi) is 8.65. The maximum atomic E-state index is 13.9. The number of nitrogens with zero attached hydrogens (tertiary/aromatic N) is 2. The van der Waals surface area contributed by atoms with Crippen LogP contribution in [0.15, 0.2) is 109 Å². The van der Waals surface area contributed by atoms with Gasteiger partial charge in [0.05, 0.1) is 17.3 Å². The Labute approximate surface area is 231 Å². The van der Waals surface area contributed by atoms with E-state index in [1.165, 1.54) is 23.1 Å². The Bertz CT molecular complexity index is 1470. The van der Waals surface area contributed by atoms with E-state index >= 15 is 0 Å². The first-order valence-electron chi connectivity index (χ1n) is 12.5. The summed E-state index contributed by atoms with van der Waals surface area (Å²) in [5, 5.41) is 14.4. The summed E-state index contributed by atoms with van der Waals surface area (Å²) in [5.74, 6) is -2.14. The fourth-order valence-electron chi connectivity index (χ4n) is 4.48. The minimum absolute atomic E-state index is 0.0602. The molecule has 0 heterocycles. The molecule has 0 saturated heterocycles. The van der Waals surface area contributed by atoms with Gasteiger partial charge in [-0.1, -0.05) is 84.9 Å². The molecule has 202 valence electrons. The fraction of sp³-hybridized carbons (Fsp3) is 0.129. The number of non-ortho nitro benzene ring substituents is 1. The number of nitrogens with one attached hydrogen (secondary N) is 1. The van der Waals surface area contributed by atoms with Crippen molar-refractivity contribution in [2.45, 2.75) is 18.4 Å². The Balaban J connectivity index is 1.71. The molecule has 0 radical (unpaired) electrons. The molecule has 40 heavy (non-hydrogen) atoms. The summed E-state index contributed by atoms with van der Waals surface area (Å²) in [6.07, 6.45) is 0.0602. The minimum Gasteiger partial charge on any atom is -0.369 e. The normalized spacial score (nSPS) is 11.4. The number of nitrogens with two attached hydrogens (primary N) is 1. The van der Waals surface area contributed by atoms with Gasteiger partial charge in [-0.15, -0.1) is 0 Å². The summed E-state index contributed by atoms with van der Waals surface area (Å²) < 4.78 is 0. The molecule has 4 aromatic carbocycles. The van der Waals surface area contributed by atoms with Crippen molar-refractivity contribution in [1.29, 1.82) is 0 Å². The minimum atomic E-state index is -1.22. The van der Waals surface area contributed by atoms with Crippen LogP contribution in [0.4, 0.5) is 11.4 Å². The van der Waals surface area contributed by atoms with E-state index in [9.17, 15) is 24.5 Å². The van der Waals surface area contributed by atoms with Crippen LogP contribution in [-0.2, 0) is 20.8 Å². The monoisotopic (exact) mass is 536 g/mol. The smallest absolute Gasteiger partial charge is 0.269 e. The number of hydrogen-bond acceptors (Lipinski definition) is 5. The third kappa shape index (κ3) is 6.57. The largest absolute Gasteiger partial charge is 0.369 e. The summed E-state index contributed by atoms with van der Waals surface area (Å²) in [6.45, 7) is 0. The number of rotatable bonds is 10. The number of primary amides is 1. The van der Waals surface area contributed by atoms with Crippen LogP contribution in [0, 0.1) is 10.1 Å². The Morgan fingerprint density at radius 2 is 1.38 bits per heavy atom. The van der Waals surface area contributed by atoms with Gasteiger partial charge in [-0.05, 0) is 34.4 Å². The molecule has 3 N–H and O–H groups in total. The van der Waals surface area contributed by atoms with E-state index in [4.69, 9.17) is 5.73 Å². The Morgan fingerprint density at radius 3 is 1.90 bits per heavy atom. The average Bonchev–Trinajstić information content (AvgIpc) is 2.96. The molecular formula is C31H28N4O5. The second kappa shape index (κ2) is 12.5. The molecule has 1 unspecified atom stereocenters. The van der Waals surface area contributed by atoms with Crippen molar-refractivity contribution in [2.75, 3.05) is 11.9 Å². The van der Waals surface area contributed by atoms with Crippen LogP contribution in [-0.4, -0.2) is 29.7 Å². The van der Waals surface area contributed by atoms with Crippen molar-refractivity contribution in [3.05, 3.63) is 142 Å². The van der Waals surface area contributed by atoms with Crippen LogP contribution in [0.2, 0.25) is 0 Å². The molecule has 0 aliphatic rings. The van der Waals surface area contributed by atoms with E-state index in [1.807, 2.05) is 60.7 Å². The first kappa shape index (κ1) is 27.7. The predicted molar refractivity (Wildman–Crippen MR) is 151 cm³/mol. The number of hydrogen-bond donors (Lipinski definition) is 2. The zero-order chi connectivity index (χ0) is 28.6. The van der Waals surface area contributed by atoms with Crippen molar-refractivity contribution in [2.24, 2.45) is 5.73 Å². The van der Waals surface area contributed by atoms with E-state index < -0.39 is 34.6 Å². The third-order valence-electron chi connectivity index (χ3n) is 6.51. The zero-order valence-corrected chi connectivity index (χ0v) is 21.8. The van der Waals surface area contributed by atoms with Gasteiger partial charge in [0.1, 0.15) is 6.04 Å². The number of benzene rings is 4. The highest BCUT2D eigenvalue weighted by Crippen LogP contribution is 2.28. The SMILES string of the molecule is CN(C(=O)C(NC(=O)C(c1ccccc1)c1ccccc1)c1cccc([N+](=O)[O-])c1)c1ccc(CC(N)=O)cc1. The molecule has 4 aromatic rings. The van der Waals surface area contributed by atoms with Crippen molar-refractivity contribution in [3.8, 4) is 0 Å². The van der Waals surface area contributed by atoms with E-state index in [1.54, 1.807) is 37.4 Å². The van der Waals surface area contributed by atoms with Gasteiger partial charge in [-0.25, -0.2) is 0 Å². The van der Waals surface area contributed by atoms with Crippen molar-refractivity contribution < 1.29 is 19.3 Å². The molecule has 0 saturated carbocycles. The number of nitro benzene ring substituents is 1. The molecule has 3 amide bonds. The molecule has 0 aliphatic carbocycles. The molecule has 9 heteroatoms. The van der Waals surface area contributed by atoms with Gasteiger partial charge in [0, 0.05) is 24.9 Å². The lowest BCUT2D eigenvalue weighted by atomic mass is 9.90. The van der Waals surface area contributed by atoms with E-state index in [0.29, 0.717) is 11.3 Å². The molecule has 0 aliphatic heterocycles. The third-order valence-corrected chi connectivity index (χ3v) is 6.51. The van der Waals surface area contributed by atoms with Crippen LogP contribution in [0.5, 0.6) is 0 Å². The van der Waals surface area contributed by atoms with Gasteiger partial charge in [0.15, 0.2) is 0 Å². The van der Waals surface area contributed by atoms with Crippen LogP contribution >= 0.6 is 0 Å². The first-order valence-corrected chi connectivity index (χ1v) is 12.5. The molecule has 4 rings (SSSR count). The number of anilines is 1. The molecule has 1 atom stereocenters. The molecular weight excluding hydrogens is 508 g/mol. The molecule has 0 spiro atoms. The molecule has 0 bridgehead atoms. The highest BCUT2D eigenvalue weighted by molar-refractivity contribution is 6.00. The van der Waals surface area contributed by atoms with Gasteiger partial charge in [0.2, 0.25) is 11.8 Å². The van der Waals surface area contributed by atoms with Crippen LogP contribution in [0.1, 0.15) is 34.2 Å². The lowest BCUT2D eigenvalue weighted by Crippen LogP contribution is -2.43. The van der Waals surface area contributed by atoms with Crippen molar-refractivity contribution >= 4 is 29.1 Å². The van der Waals surface area contributed by atoms with Crippen LogP contribution < -0.4 is 16.0 Å². The van der Waals surface area contributed by atoms with Gasteiger partial charge in [0.25, 0.3) is 11.6 Å². The second-order valence-electron chi connectivity index (χ2n) is 9.25. The maximum Gasteiger partial charge on any atom is 0.269 e. The lowest BCUT2D eigenvalue weighted by Gasteiger charge is -2.27. The number of likely N-dealkylation sites (N-methyl/N-ethyl adjacent to an activating group) is 1. The van der Waals surface area contributed by atoms with Crippen molar-refractivity contribution in [1.82, 2.24) is 5.32 Å². The maximum absolute atomic E-state index is 13.9. The fourth-order valence-corrected chi connectivity index (χ4v) is 4.48. The highest BCUT2D eigenvalue weighted by atomic mass is 16.6. The van der Waals surface area contributed by atoms with Crippen LogP contribution in [0.3, 0.4) is 0 Å². The molecule has 9 nitrogen and oxygen atoms in total. The standard InChI is InChI=1S/C31H28N4O5/c1-34(25-17-15-21(16-18-25)19-27(32)36)31(38)29(24-13-8-14-26(20-24)35(39)40)33-30(37)28(22-9-4-2-5-10-22)23-11-6-3-7-12-23/h2-18,20,28-29H,19H2,1H3,(H2,32,36)(H,33,37). The zero-order valence-electron chi connectivity index (χ0n) is 21.8. The summed E-state index contributed by atoms with van der Waals surface area (Å²) in [6, 6.07) is 29.5. The number of amides is 3. The summed E-state index contributed by atoms with van der Waals surface area (Å²) >= 11 is 0. The average molecular weight is 537 g/mol. The van der Waals surface area contributed by atoms with E-state index in [0.717, 1.165) is 11.1 Å². The van der Waals surface area contributed by atoms with Gasteiger partial charge in [-0.2, -0.15) is 0 Å². The first-order chi connectivity index (χ1) is 19.2. The van der Waals surface area contributed by atoms with Gasteiger partial charge >= 0.3 is 0 Å². The van der Waals surface area contributed by atoms with Crippen LogP contribution in [0.25, 0.3) is 0 Å². The quantitative estimate of drug-likeness (QED) is 0.230. The Morgan fingerprint density at radius 1 is 0.825 bits per heavy atom. The topological polar surface area (TPSA) is 136 Å². The highest BCUT2D eigenvalue weighted by Gasteiger charge is 2.31. The predicted octanol–water partition coefficient (Wildman–Crippen LogP) is 4.28. The molecule has 0 aromatic heterocycles. The number of carbonyl (C=O) groups excluding carboxylic acids is 3. The van der Waals surface area contributed by atoms with Gasteiger partial charge in [-0.3, -0.25) is 24.5 Å². The summed E-state index contributed by atoms with van der Waals surface area (Å²) in [7, 11) is 1.55. The molecule has 0 fully saturated rings. The summed E-state index contributed by atoms with van der Waals surface area (Å²) in [5.41, 5.74) is 7.99. The van der Waals surface area contributed by atoms with E-state index in [-0.39, 0.29) is 17.7 Å². The summed E-state index contributed by atoms with van der Waals surface area (Å²) in [4.78, 5) is 51.3. The Hall–Kier alpha value is -5.31. The van der Waals surface area contributed by atoms with Gasteiger partial charge < -0.3 is 16.0 Å². The lowest BCUT2D eigenvalue weighted by molar-refractivity contribution is -0.384. The number of carbonyl (C=O) groups is 3.